The first-order valence-electron chi connectivity index (χ1n) is 30.0. The van der Waals surface area contributed by atoms with Gasteiger partial charge in [0.15, 0.2) is 6.10 Å². The molecule has 0 aliphatic rings. The zero-order valence-electron chi connectivity index (χ0n) is 48.2. The number of ether oxygens (including phenoxy) is 6. The van der Waals surface area contributed by atoms with Gasteiger partial charge in [-0.05, 0) is 83.9 Å². The van der Waals surface area contributed by atoms with Crippen LogP contribution in [0.2, 0.25) is 0 Å². The summed E-state index contributed by atoms with van der Waals surface area (Å²) in [5.41, 5.74) is 0. The fraction of sp³-hybridized carbons (Fsp3) is 0.803. The van der Waals surface area contributed by atoms with E-state index in [1.54, 1.807) is 0 Å². The lowest BCUT2D eigenvalue weighted by molar-refractivity contribution is -0.166. The summed E-state index contributed by atoms with van der Waals surface area (Å²) in [4.78, 5) is 78.0. The molecular formula is C61H108N2O12. The third kappa shape index (κ3) is 51.7. The average Bonchev–Trinajstić information content (AvgIpc) is 3.39. The Morgan fingerprint density at radius 2 is 0.813 bits per heavy atom. The number of esters is 5. The second-order valence-electron chi connectivity index (χ2n) is 20.0. The Labute approximate surface area is 456 Å². The maximum atomic E-state index is 13.3. The summed E-state index contributed by atoms with van der Waals surface area (Å²) in [5.74, 6) is -1.52. The van der Waals surface area contributed by atoms with Crippen LogP contribution in [0.5, 0.6) is 0 Å². The lowest BCUT2D eigenvalue weighted by Gasteiger charge is -2.19. The molecule has 0 bridgehead atoms. The van der Waals surface area contributed by atoms with Gasteiger partial charge in [0, 0.05) is 45.2 Å². The van der Waals surface area contributed by atoms with E-state index in [2.05, 4.69) is 43.1 Å². The molecule has 0 aromatic rings. The number of carbonyl (C=O) groups is 6. The summed E-state index contributed by atoms with van der Waals surface area (Å²) in [7, 11) is 1.97. The van der Waals surface area contributed by atoms with Crippen LogP contribution in [-0.4, -0.2) is 100 Å². The van der Waals surface area contributed by atoms with Crippen molar-refractivity contribution in [1.29, 1.82) is 0 Å². The fourth-order valence-corrected chi connectivity index (χ4v) is 7.99. The topological polar surface area (TPSA) is 173 Å². The number of nitrogens with one attached hydrogen (secondary N) is 1. The van der Waals surface area contributed by atoms with E-state index in [0.29, 0.717) is 64.2 Å². The molecule has 0 radical (unpaired) electrons. The van der Waals surface area contributed by atoms with Crippen LogP contribution in [0.3, 0.4) is 0 Å². The monoisotopic (exact) mass is 1060 g/mol. The van der Waals surface area contributed by atoms with Crippen LogP contribution < -0.4 is 5.32 Å². The quantitative estimate of drug-likeness (QED) is 0.0201. The highest BCUT2D eigenvalue weighted by atomic mass is 16.6. The van der Waals surface area contributed by atoms with Crippen molar-refractivity contribution < 1.29 is 57.2 Å². The first-order chi connectivity index (χ1) is 36.5. The molecule has 0 aromatic carbocycles. The van der Waals surface area contributed by atoms with Crippen molar-refractivity contribution in [2.45, 2.75) is 265 Å². The molecule has 0 aliphatic heterocycles. The molecule has 434 valence electrons. The Hall–Kier alpha value is -4.20. The van der Waals surface area contributed by atoms with Crippen molar-refractivity contribution in [3.8, 4) is 0 Å². The van der Waals surface area contributed by atoms with Crippen LogP contribution in [0.15, 0.2) is 36.1 Å². The van der Waals surface area contributed by atoms with Crippen LogP contribution in [-0.2, 0) is 52.4 Å². The fourth-order valence-electron chi connectivity index (χ4n) is 7.99. The van der Waals surface area contributed by atoms with Crippen molar-refractivity contribution in [1.82, 2.24) is 10.2 Å². The molecule has 0 heterocycles. The van der Waals surface area contributed by atoms with Gasteiger partial charge in [0.1, 0.15) is 32.2 Å². The first-order valence-corrected chi connectivity index (χ1v) is 30.0. The number of alkyl carbamates (subject to hydrolysis) is 1. The van der Waals surface area contributed by atoms with E-state index >= 15 is 0 Å². The minimum absolute atomic E-state index is 0.101. The van der Waals surface area contributed by atoms with Crippen LogP contribution >= 0.6 is 0 Å². The number of rotatable bonds is 53. The zero-order valence-corrected chi connectivity index (χ0v) is 48.2. The van der Waals surface area contributed by atoms with E-state index in [4.69, 9.17) is 28.4 Å². The highest BCUT2D eigenvalue weighted by molar-refractivity contribution is 5.72. The number of unbranched alkanes of at least 4 members (excludes halogenated alkanes) is 25. The molecule has 14 heteroatoms. The van der Waals surface area contributed by atoms with E-state index in [1.165, 1.54) is 77.0 Å². The zero-order chi connectivity index (χ0) is 55.1. The van der Waals surface area contributed by atoms with Crippen molar-refractivity contribution >= 4 is 35.9 Å². The van der Waals surface area contributed by atoms with E-state index in [9.17, 15) is 28.8 Å². The van der Waals surface area contributed by atoms with Crippen molar-refractivity contribution in [3.63, 3.8) is 0 Å². The standard InChI is InChI=1S/C61H108N2O12/c1-6-10-13-16-19-20-21-22-27-34-41-54(75-61(69)62-48-49-63(5)9-4)46-47-60(68)74-55(52-72-58(66)44-37-30-25-28-35-42-56(64)70-50-39-32-23-17-14-11-7-2)53-73-59(67)45-38-31-26-29-36-43-57(65)71-51-40-33-24-18-15-12-8-3/h32-33,39-41,55H,6-31,34-38,42-53H2,1-5H3,(H,62,69)/b39-32-,40-33-,54-41-. The van der Waals surface area contributed by atoms with Crippen LogP contribution in [0, 0.1) is 0 Å². The number of allylic oxidation sites excluding steroid dienone is 4. The minimum atomic E-state index is -1.03. The van der Waals surface area contributed by atoms with Crippen molar-refractivity contribution in [2.75, 3.05) is 53.1 Å². The summed E-state index contributed by atoms with van der Waals surface area (Å²) >= 11 is 0. The van der Waals surface area contributed by atoms with Gasteiger partial charge in [-0.3, -0.25) is 24.0 Å². The van der Waals surface area contributed by atoms with Crippen LogP contribution in [0.4, 0.5) is 4.79 Å². The highest BCUT2D eigenvalue weighted by Crippen LogP contribution is 2.17. The van der Waals surface area contributed by atoms with Crippen LogP contribution in [0.1, 0.15) is 259 Å². The van der Waals surface area contributed by atoms with Gasteiger partial charge in [-0.1, -0.05) is 180 Å². The smallest absolute Gasteiger partial charge is 0.412 e. The molecule has 0 fully saturated rings. The first kappa shape index (κ1) is 70.8. The van der Waals surface area contributed by atoms with Gasteiger partial charge in [0.2, 0.25) is 0 Å². The summed E-state index contributed by atoms with van der Waals surface area (Å²) < 4.78 is 33.1. The number of hydrogen-bond donors (Lipinski definition) is 1. The number of nitrogens with zero attached hydrogens (tertiary/aromatic N) is 1. The predicted molar refractivity (Wildman–Crippen MR) is 301 cm³/mol. The van der Waals surface area contributed by atoms with Gasteiger partial charge in [-0.25, -0.2) is 4.79 Å². The van der Waals surface area contributed by atoms with Crippen molar-refractivity contribution in [3.05, 3.63) is 36.1 Å². The molecule has 0 unspecified atom stereocenters. The maximum absolute atomic E-state index is 13.3. The Morgan fingerprint density at radius 1 is 0.427 bits per heavy atom. The second kappa shape index (κ2) is 54.6. The Bertz CT molecular complexity index is 1450. The molecule has 0 atom stereocenters. The second-order valence-corrected chi connectivity index (χ2v) is 20.0. The van der Waals surface area contributed by atoms with E-state index < -0.39 is 30.1 Å². The minimum Gasteiger partial charge on any atom is -0.462 e. The number of likely N-dealkylation sites (N-methyl/N-ethyl adjacent to an activating group) is 1. The normalized spacial score (nSPS) is 11.7. The van der Waals surface area contributed by atoms with Crippen molar-refractivity contribution in [2.24, 2.45) is 0 Å². The van der Waals surface area contributed by atoms with Gasteiger partial charge < -0.3 is 38.6 Å². The number of hydrogen-bond acceptors (Lipinski definition) is 13. The maximum Gasteiger partial charge on any atom is 0.412 e. The lowest BCUT2D eigenvalue weighted by atomic mass is 10.1. The summed E-state index contributed by atoms with van der Waals surface area (Å²) in [6, 6.07) is 0. The van der Waals surface area contributed by atoms with Gasteiger partial charge in [-0.2, -0.15) is 0 Å². The molecule has 0 aromatic heterocycles. The van der Waals surface area contributed by atoms with Gasteiger partial charge in [0.05, 0.1) is 6.42 Å². The molecule has 0 aliphatic carbocycles. The summed E-state index contributed by atoms with van der Waals surface area (Å²) in [6.07, 6.45) is 40.1. The molecular weight excluding hydrogens is 953 g/mol. The Balaban J connectivity index is 5.15. The Morgan fingerprint density at radius 3 is 1.25 bits per heavy atom. The summed E-state index contributed by atoms with van der Waals surface area (Å²) in [6.45, 7) is 10.6. The molecule has 0 rings (SSSR count). The van der Waals surface area contributed by atoms with E-state index in [1.807, 2.05) is 32.2 Å². The third-order valence-electron chi connectivity index (χ3n) is 12.9. The largest absolute Gasteiger partial charge is 0.462 e. The van der Waals surface area contributed by atoms with Crippen LogP contribution in [0.25, 0.3) is 0 Å². The van der Waals surface area contributed by atoms with Gasteiger partial charge in [-0.15, -0.1) is 0 Å². The molecule has 1 amide bonds. The summed E-state index contributed by atoms with van der Waals surface area (Å²) in [5, 5.41) is 2.79. The highest BCUT2D eigenvalue weighted by Gasteiger charge is 2.21. The van der Waals surface area contributed by atoms with Gasteiger partial charge in [0.25, 0.3) is 0 Å². The molecule has 75 heavy (non-hydrogen) atoms. The average molecular weight is 1060 g/mol. The Kier molecular flexibility index (Phi) is 51.5. The molecule has 14 nitrogen and oxygen atoms in total. The molecule has 0 saturated heterocycles. The molecule has 0 saturated carbocycles. The molecule has 0 spiro atoms. The van der Waals surface area contributed by atoms with Gasteiger partial charge >= 0.3 is 35.9 Å². The molecule has 1 N–H and O–H groups in total. The predicted octanol–water partition coefficient (Wildman–Crippen LogP) is 14.8. The lowest BCUT2D eigenvalue weighted by Crippen LogP contribution is -2.33. The third-order valence-corrected chi connectivity index (χ3v) is 12.9. The number of amides is 1. The van der Waals surface area contributed by atoms with E-state index in [0.717, 1.165) is 103 Å². The van der Waals surface area contributed by atoms with E-state index in [-0.39, 0.29) is 50.8 Å². The SMILES string of the molecule is CCCCCC/C=C\COC(=O)CCCCCCCC(=O)OCC(COC(=O)CCCCCCCC(=O)OC/C=C\CCCCCC)OC(=O)CC/C(=C/CCCCCCCCCCC)OC(=O)NCCN(C)CC. The number of carbonyl (C=O) groups excluding carboxylic acids is 6.